The molecule has 3 heterocycles. The third kappa shape index (κ3) is 1.87. The van der Waals surface area contributed by atoms with Gasteiger partial charge in [-0.2, -0.15) is 0 Å². The zero-order chi connectivity index (χ0) is 11.8. The van der Waals surface area contributed by atoms with E-state index < -0.39 is 0 Å². The summed E-state index contributed by atoms with van der Waals surface area (Å²) in [6, 6.07) is 7.52. The van der Waals surface area contributed by atoms with E-state index >= 15 is 0 Å². The fraction of sp³-hybridized carbons (Fsp3) is 0.0833. The van der Waals surface area contributed by atoms with Gasteiger partial charge in [0.25, 0.3) is 0 Å². The molecule has 3 aromatic rings. The second-order valence-electron chi connectivity index (χ2n) is 3.77. The van der Waals surface area contributed by atoms with Crippen molar-refractivity contribution in [2.75, 3.05) is 0 Å². The Kier molecular flexibility index (Phi) is 2.30. The molecule has 0 saturated heterocycles. The number of pyridine rings is 2. The largest absolute Gasteiger partial charge is 0.335 e. The number of rotatable bonds is 1. The molecule has 84 valence electrons. The maximum atomic E-state index is 5.79. The van der Waals surface area contributed by atoms with Crippen LogP contribution in [0.25, 0.3) is 22.7 Å². The van der Waals surface area contributed by atoms with Crippen LogP contribution in [0.3, 0.4) is 0 Å². The van der Waals surface area contributed by atoms with Crippen LogP contribution in [-0.2, 0) is 0 Å². The molecule has 0 bridgehead atoms. The smallest absolute Gasteiger partial charge is 0.178 e. The van der Waals surface area contributed by atoms with Crippen molar-refractivity contribution in [1.29, 1.82) is 0 Å². The molecule has 0 saturated carbocycles. The SMILES string of the molecule is Cc1ccc2[nH]c(-c3ccc(Cl)cn3)nc2n1. The number of H-pyrrole nitrogens is 1. The van der Waals surface area contributed by atoms with Crippen LogP contribution in [0.1, 0.15) is 5.69 Å². The summed E-state index contributed by atoms with van der Waals surface area (Å²) in [5.74, 6) is 0.703. The molecule has 1 N–H and O–H groups in total. The summed E-state index contributed by atoms with van der Waals surface area (Å²) in [5.41, 5.74) is 3.31. The van der Waals surface area contributed by atoms with Gasteiger partial charge in [0.15, 0.2) is 11.5 Å². The Morgan fingerprint density at radius 3 is 2.76 bits per heavy atom. The summed E-state index contributed by atoms with van der Waals surface area (Å²) >= 11 is 5.79. The van der Waals surface area contributed by atoms with Gasteiger partial charge in [-0.25, -0.2) is 9.97 Å². The number of aromatic nitrogens is 4. The molecule has 3 aromatic heterocycles. The summed E-state index contributed by atoms with van der Waals surface area (Å²) in [4.78, 5) is 16.1. The van der Waals surface area contributed by atoms with Crippen molar-refractivity contribution in [3.63, 3.8) is 0 Å². The predicted molar refractivity (Wildman–Crippen MR) is 66.9 cm³/mol. The van der Waals surface area contributed by atoms with Crippen LogP contribution in [0.2, 0.25) is 5.02 Å². The van der Waals surface area contributed by atoms with Gasteiger partial charge in [-0.15, -0.1) is 0 Å². The molecule has 0 atom stereocenters. The van der Waals surface area contributed by atoms with Gasteiger partial charge in [0.2, 0.25) is 0 Å². The third-order valence-electron chi connectivity index (χ3n) is 2.46. The Labute approximate surface area is 103 Å². The summed E-state index contributed by atoms with van der Waals surface area (Å²) in [6.45, 7) is 1.94. The molecule has 5 heteroatoms. The first-order chi connectivity index (χ1) is 8.22. The van der Waals surface area contributed by atoms with Gasteiger partial charge in [-0.1, -0.05) is 11.6 Å². The average Bonchev–Trinajstić information content (AvgIpc) is 2.72. The number of halogens is 1. The van der Waals surface area contributed by atoms with Gasteiger partial charge in [0.1, 0.15) is 5.69 Å². The molecule has 17 heavy (non-hydrogen) atoms. The first-order valence-corrected chi connectivity index (χ1v) is 5.55. The maximum Gasteiger partial charge on any atom is 0.178 e. The predicted octanol–water partition coefficient (Wildman–Crippen LogP) is 2.98. The first kappa shape index (κ1) is 10.2. The molecule has 0 aliphatic heterocycles. The lowest BCUT2D eigenvalue weighted by atomic mass is 10.3. The van der Waals surface area contributed by atoms with Crippen LogP contribution < -0.4 is 0 Å². The zero-order valence-electron chi connectivity index (χ0n) is 9.11. The number of aryl methyl sites for hydroxylation is 1. The van der Waals surface area contributed by atoms with Crippen molar-refractivity contribution >= 4 is 22.8 Å². The summed E-state index contributed by atoms with van der Waals surface area (Å²) in [7, 11) is 0. The minimum atomic E-state index is 0.610. The molecular weight excluding hydrogens is 236 g/mol. The van der Waals surface area contributed by atoms with Crippen LogP contribution in [0.15, 0.2) is 30.5 Å². The number of aromatic amines is 1. The molecule has 0 aromatic carbocycles. The van der Waals surface area contributed by atoms with Crippen LogP contribution in [0, 0.1) is 6.92 Å². The molecule has 0 aliphatic rings. The number of nitrogens with zero attached hydrogens (tertiary/aromatic N) is 3. The van der Waals surface area contributed by atoms with Crippen molar-refractivity contribution in [1.82, 2.24) is 19.9 Å². The number of hydrogen-bond acceptors (Lipinski definition) is 3. The van der Waals surface area contributed by atoms with E-state index in [2.05, 4.69) is 19.9 Å². The van der Waals surface area contributed by atoms with E-state index in [-0.39, 0.29) is 0 Å². The second kappa shape index (κ2) is 3.82. The fourth-order valence-electron chi connectivity index (χ4n) is 1.62. The van der Waals surface area contributed by atoms with Gasteiger partial charge in [-0.05, 0) is 31.2 Å². The standard InChI is InChI=1S/C12H9ClN4/c1-7-2-4-10-12(15-7)17-11(16-10)9-5-3-8(13)6-14-9/h2-6H,1H3,(H,15,16,17). The highest BCUT2D eigenvalue weighted by molar-refractivity contribution is 6.30. The fourth-order valence-corrected chi connectivity index (χ4v) is 1.74. The zero-order valence-corrected chi connectivity index (χ0v) is 9.86. The van der Waals surface area contributed by atoms with E-state index in [9.17, 15) is 0 Å². The molecule has 3 rings (SSSR count). The first-order valence-electron chi connectivity index (χ1n) is 5.18. The normalized spacial score (nSPS) is 10.9. The Morgan fingerprint density at radius 1 is 1.12 bits per heavy atom. The van der Waals surface area contributed by atoms with E-state index in [1.807, 2.05) is 25.1 Å². The van der Waals surface area contributed by atoms with Gasteiger partial charge < -0.3 is 4.98 Å². The average molecular weight is 245 g/mol. The van der Waals surface area contributed by atoms with Gasteiger partial charge in [-0.3, -0.25) is 4.98 Å². The highest BCUT2D eigenvalue weighted by atomic mass is 35.5. The summed E-state index contributed by atoms with van der Waals surface area (Å²) in [6.07, 6.45) is 1.60. The van der Waals surface area contributed by atoms with E-state index in [0.717, 1.165) is 16.9 Å². The van der Waals surface area contributed by atoms with Crippen LogP contribution >= 0.6 is 11.6 Å². The van der Waals surface area contributed by atoms with Crippen molar-refractivity contribution in [2.24, 2.45) is 0 Å². The number of nitrogens with one attached hydrogen (secondary N) is 1. The lowest BCUT2D eigenvalue weighted by Crippen LogP contribution is -1.84. The van der Waals surface area contributed by atoms with E-state index in [0.29, 0.717) is 16.5 Å². The molecule has 0 fully saturated rings. The van der Waals surface area contributed by atoms with Crippen molar-refractivity contribution in [2.45, 2.75) is 6.92 Å². The Balaban J connectivity index is 2.14. The number of fused-ring (bicyclic) bond motifs is 1. The minimum absolute atomic E-state index is 0.610. The molecule has 0 spiro atoms. The Hall–Kier alpha value is -1.94. The van der Waals surface area contributed by atoms with Crippen molar-refractivity contribution < 1.29 is 0 Å². The highest BCUT2D eigenvalue weighted by Crippen LogP contribution is 2.18. The molecular formula is C12H9ClN4. The lowest BCUT2D eigenvalue weighted by molar-refractivity contribution is 1.20. The van der Waals surface area contributed by atoms with Crippen molar-refractivity contribution in [3.8, 4) is 11.5 Å². The topological polar surface area (TPSA) is 54.5 Å². The molecule has 0 radical (unpaired) electrons. The van der Waals surface area contributed by atoms with Crippen LogP contribution in [-0.4, -0.2) is 19.9 Å². The Morgan fingerprint density at radius 2 is 2.00 bits per heavy atom. The quantitative estimate of drug-likeness (QED) is 0.716. The van der Waals surface area contributed by atoms with Crippen LogP contribution in [0.5, 0.6) is 0 Å². The molecule has 0 amide bonds. The number of imidazole rings is 1. The highest BCUT2D eigenvalue weighted by Gasteiger charge is 2.07. The molecule has 0 unspecified atom stereocenters. The maximum absolute atomic E-state index is 5.79. The number of hydrogen-bond donors (Lipinski definition) is 1. The minimum Gasteiger partial charge on any atom is -0.335 e. The van der Waals surface area contributed by atoms with Gasteiger partial charge in [0.05, 0.1) is 10.5 Å². The Bertz CT molecular complexity index is 673. The van der Waals surface area contributed by atoms with E-state index in [1.165, 1.54) is 0 Å². The van der Waals surface area contributed by atoms with Crippen LogP contribution in [0.4, 0.5) is 0 Å². The summed E-state index contributed by atoms with van der Waals surface area (Å²) < 4.78 is 0. The van der Waals surface area contributed by atoms with E-state index in [1.54, 1.807) is 12.3 Å². The molecule has 0 aliphatic carbocycles. The lowest BCUT2D eigenvalue weighted by Gasteiger charge is -1.94. The summed E-state index contributed by atoms with van der Waals surface area (Å²) in [5, 5.41) is 0.610. The third-order valence-corrected chi connectivity index (χ3v) is 2.68. The van der Waals surface area contributed by atoms with E-state index in [4.69, 9.17) is 11.6 Å². The molecule has 4 nitrogen and oxygen atoms in total. The van der Waals surface area contributed by atoms with Gasteiger partial charge >= 0.3 is 0 Å². The second-order valence-corrected chi connectivity index (χ2v) is 4.21. The van der Waals surface area contributed by atoms with Gasteiger partial charge in [0, 0.05) is 11.9 Å². The monoisotopic (exact) mass is 244 g/mol. The van der Waals surface area contributed by atoms with Crippen molar-refractivity contribution in [3.05, 3.63) is 41.2 Å².